The summed E-state index contributed by atoms with van der Waals surface area (Å²) in [6.07, 6.45) is 0. The van der Waals surface area contributed by atoms with E-state index in [1.54, 1.807) is 0 Å². The maximum atomic E-state index is 13.8. The molecule has 2 rings (SSSR count). The summed E-state index contributed by atoms with van der Waals surface area (Å²) in [6, 6.07) is 8.31. The molecule has 0 aliphatic rings. The van der Waals surface area contributed by atoms with E-state index in [4.69, 9.17) is 11.6 Å². The van der Waals surface area contributed by atoms with Gasteiger partial charge in [0.2, 0.25) is 0 Å². The number of hydrogen-bond donors (Lipinski definition) is 0. The number of carbonyl (C=O) groups is 1. The van der Waals surface area contributed by atoms with E-state index < -0.39 is 16.6 Å². The van der Waals surface area contributed by atoms with E-state index in [9.17, 15) is 19.3 Å². The normalized spacial score (nSPS) is 10.4. The Bertz CT molecular complexity index is 765. The molecule has 0 radical (unpaired) electrons. The van der Waals surface area contributed by atoms with Gasteiger partial charge in [-0.2, -0.15) is 0 Å². The third kappa shape index (κ3) is 3.86. The number of rotatable bonds is 4. The van der Waals surface area contributed by atoms with Gasteiger partial charge in [-0.05, 0) is 40.2 Å². The Morgan fingerprint density at radius 1 is 1.39 bits per heavy atom. The van der Waals surface area contributed by atoms with Gasteiger partial charge in [-0.3, -0.25) is 14.9 Å². The molecule has 0 saturated heterocycles. The Hall–Kier alpha value is -1.99. The largest absolute Gasteiger partial charge is 0.337 e. The van der Waals surface area contributed by atoms with E-state index in [-0.39, 0.29) is 32.9 Å². The van der Waals surface area contributed by atoms with Crippen molar-refractivity contribution in [1.82, 2.24) is 4.90 Å². The minimum atomic E-state index is -0.589. The molecule has 0 heterocycles. The second-order valence-corrected chi connectivity index (χ2v) is 6.05. The van der Waals surface area contributed by atoms with Crippen LogP contribution in [0.4, 0.5) is 10.1 Å². The average molecular weight is 402 g/mol. The molecule has 0 unspecified atom stereocenters. The Kier molecular flexibility index (Phi) is 5.33. The summed E-state index contributed by atoms with van der Waals surface area (Å²) >= 11 is 8.99. The number of nitro groups is 1. The SMILES string of the molecule is CN(Cc1c(F)cccc1Cl)C(=O)c1ccc(Br)c([N+](=O)[O-])c1. The third-order valence-corrected chi connectivity index (χ3v) is 4.22. The molecule has 0 atom stereocenters. The van der Waals surface area contributed by atoms with Gasteiger partial charge >= 0.3 is 0 Å². The highest BCUT2D eigenvalue weighted by atomic mass is 79.9. The summed E-state index contributed by atoms with van der Waals surface area (Å²) in [7, 11) is 1.47. The molecule has 0 aliphatic carbocycles. The van der Waals surface area contributed by atoms with Gasteiger partial charge in [-0.25, -0.2) is 4.39 Å². The molecular weight excluding hydrogens is 391 g/mol. The molecule has 0 fully saturated rings. The van der Waals surface area contributed by atoms with Crippen molar-refractivity contribution in [3.63, 3.8) is 0 Å². The van der Waals surface area contributed by atoms with Crippen LogP contribution in [0.2, 0.25) is 5.02 Å². The first-order valence-corrected chi connectivity index (χ1v) is 7.60. The Morgan fingerprint density at radius 3 is 2.70 bits per heavy atom. The fraction of sp³-hybridized carbons (Fsp3) is 0.133. The maximum Gasteiger partial charge on any atom is 0.284 e. The van der Waals surface area contributed by atoms with E-state index in [1.165, 1.54) is 48.3 Å². The number of halogens is 3. The molecule has 0 saturated carbocycles. The molecule has 0 N–H and O–H groups in total. The summed E-state index contributed by atoms with van der Waals surface area (Å²) in [4.78, 5) is 24.0. The van der Waals surface area contributed by atoms with Gasteiger partial charge in [0.1, 0.15) is 5.82 Å². The van der Waals surface area contributed by atoms with Crippen molar-refractivity contribution in [2.24, 2.45) is 0 Å². The monoisotopic (exact) mass is 400 g/mol. The first kappa shape index (κ1) is 17.4. The molecule has 0 bridgehead atoms. The number of nitro benzene ring substituents is 1. The highest BCUT2D eigenvalue weighted by Gasteiger charge is 2.20. The van der Waals surface area contributed by atoms with E-state index >= 15 is 0 Å². The van der Waals surface area contributed by atoms with Crippen molar-refractivity contribution in [2.45, 2.75) is 6.54 Å². The van der Waals surface area contributed by atoms with Gasteiger partial charge in [0.15, 0.2) is 0 Å². The van der Waals surface area contributed by atoms with Crippen LogP contribution in [0, 0.1) is 15.9 Å². The van der Waals surface area contributed by atoms with Crippen molar-refractivity contribution in [2.75, 3.05) is 7.05 Å². The zero-order chi connectivity index (χ0) is 17.1. The van der Waals surface area contributed by atoms with Gasteiger partial charge in [0, 0.05) is 35.8 Å². The molecule has 2 aromatic carbocycles. The van der Waals surface area contributed by atoms with Crippen molar-refractivity contribution in [3.8, 4) is 0 Å². The van der Waals surface area contributed by atoms with E-state index in [0.29, 0.717) is 0 Å². The van der Waals surface area contributed by atoms with Gasteiger partial charge in [0.25, 0.3) is 11.6 Å². The predicted molar refractivity (Wildman–Crippen MR) is 88.0 cm³/mol. The van der Waals surface area contributed by atoms with E-state index in [2.05, 4.69) is 15.9 Å². The van der Waals surface area contributed by atoms with Crippen LogP contribution in [0.1, 0.15) is 15.9 Å². The lowest BCUT2D eigenvalue weighted by Crippen LogP contribution is -2.26. The predicted octanol–water partition coefficient (Wildman–Crippen LogP) is 4.42. The Labute approximate surface area is 144 Å². The Balaban J connectivity index is 2.27. The van der Waals surface area contributed by atoms with Crippen LogP contribution in [0.15, 0.2) is 40.9 Å². The van der Waals surface area contributed by atoms with Crippen LogP contribution in [0.25, 0.3) is 0 Å². The summed E-state index contributed by atoms with van der Waals surface area (Å²) in [5, 5.41) is 11.1. The van der Waals surface area contributed by atoms with Crippen LogP contribution >= 0.6 is 27.5 Å². The number of hydrogen-bond acceptors (Lipinski definition) is 3. The topological polar surface area (TPSA) is 63.5 Å². The molecule has 120 valence electrons. The number of benzene rings is 2. The first-order chi connectivity index (χ1) is 10.8. The van der Waals surface area contributed by atoms with Crippen LogP contribution < -0.4 is 0 Å². The van der Waals surface area contributed by atoms with Crippen LogP contribution in [0.5, 0.6) is 0 Å². The quantitative estimate of drug-likeness (QED) is 0.563. The zero-order valence-corrected chi connectivity index (χ0v) is 14.3. The van der Waals surface area contributed by atoms with Crippen LogP contribution in [0.3, 0.4) is 0 Å². The minimum Gasteiger partial charge on any atom is -0.337 e. The smallest absolute Gasteiger partial charge is 0.284 e. The minimum absolute atomic E-state index is 0.0474. The highest BCUT2D eigenvalue weighted by molar-refractivity contribution is 9.10. The van der Waals surface area contributed by atoms with Crippen LogP contribution in [-0.2, 0) is 6.54 Å². The summed E-state index contributed by atoms with van der Waals surface area (Å²) in [6.45, 7) is -0.0474. The fourth-order valence-corrected chi connectivity index (χ4v) is 2.61. The average Bonchev–Trinajstić information content (AvgIpc) is 2.50. The Morgan fingerprint density at radius 2 is 2.09 bits per heavy atom. The molecule has 23 heavy (non-hydrogen) atoms. The molecular formula is C15H11BrClFN2O3. The van der Waals surface area contributed by atoms with E-state index in [1.807, 2.05) is 0 Å². The summed E-state index contributed by atoms with van der Waals surface area (Å²) in [5.41, 5.74) is 0.111. The van der Waals surface area contributed by atoms with Gasteiger partial charge in [-0.15, -0.1) is 0 Å². The molecule has 0 aromatic heterocycles. The van der Waals surface area contributed by atoms with Gasteiger partial charge in [-0.1, -0.05) is 17.7 Å². The zero-order valence-electron chi connectivity index (χ0n) is 11.9. The fourth-order valence-electron chi connectivity index (χ4n) is 2.00. The van der Waals surface area contributed by atoms with Crippen molar-refractivity contribution >= 4 is 39.1 Å². The first-order valence-electron chi connectivity index (χ1n) is 6.43. The third-order valence-electron chi connectivity index (χ3n) is 3.19. The molecule has 5 nitrogen and oxygen atoms in total. The lowest BCUT2D eigenvalue weighted by molar-refractivity contribution is -0.385. The van der Waals surface area contributed by atoms with Crippen molar-refractivity contribution in [1.29, 1.82) is 0 Å². The number of amides is 1. The van der Waals surface area contributed by atoms with E-state index in [0.717, 1.165) is 0 Å². The number of nitrogens with zero attached hydrogens (tertiary/aromatic N) is 2. The highest BCUT2D eigenvalue weighted by Crippen LogP contribution is 2.27. The number of carbonyl (C=O) groups excluding carboxylic acids is 1. The molecule has 1 amide bonds. The second kappa shape index (κ2) is 7.06. The van der Waals surface area contributed by atoms with Crippen molar-refractivity contribution in [3.05, 3.63) is 73.0 Å². The van der Waals surface area contributed by atoms with Gasteiger partial charge < -0.3 is 4.90 Å². The van der Waals surface area contributed by atoms with Crippen LogP contribution in [-0.4, -0.2) is 22.8 Å². The maximum absolute atomic E-state index is 13.8. The standard InChI is InChI=1S/C15H11BrClFN2O3/c1-19(8-10-12(17)3-2-4-13(10)18)15(21)9-5-6-11(16)14(7-9)20(22)23/h2-7H,8H2,1H3. The van der Waals surface area contributed by atoms with Gasteiger partial charge in [0.05, 0.1) is 9.40 Å². The lowest BCUT2D eigenvalue weighted by Gasteiger charge is -2.18. The van der Waals surface area contributed by atoms with Crippen molar-refractivity contribution < 1.29 is 14.1 Å². The summed E-state index contributed by atoms with van der Waals surface area (Å²) in [5.74, 6) is -0.987. The molecule has 8 heteroatoms. The molecule has 0 aliphatic heterocycles. The second-order valence-electron chi connectivity index (χ2n) is 4.78. The summed E-state index contributed by atoms with van der Waals surface area (Å²) < 4.78 is 14.1. The lowest BCUT2D eigenvalue weighted by atomic mass is 10.1. The molecule has 0 spiro atoms. The molecule has 2 aromatic rings.